The van der Waals surface area contributed by atoms with Gasteiger partial charge in [0.15, 0.2) is 11.5 Å². The number of aliphatic hydroxyl groups excluding tert-OH is 1. The molecule has 2 heterocycles. The second-order valence-electron chi connectivity index (χ2n) is 8.73. The Labute approximate surface area is 216 Å². The van der Waals surface area contributed by atoms with Crippen LogP contribution >= 0.6 is 11.6 Å². The number of Topliss-reactive ketones (excluding diaryl/α,β-unsaturated/α-hetero) is 1. The van der Waals surface area contributed by atoms with Gasteiger partial charge in [0.2, 0.25) is 5.78 Å². The zero-order chi connectivity index (χ0) is 25.7. The summed E-state index contributed by atoms with van der Waals surface area (Å²) >= 11 is 6.11. The average Bonchev–Trinajstić information content (AvgIpc) is 3.46. The van der Waals surface area contributed by atoms with Crippen LogP contribution in [-0.4, -0.2) is 23.9 Å². The van der Waals surface area contributed by atoms with Gasteiger partial charge in [-0.05, 0) is 52.7 Å². The van der Waals surface area contributed by atoms with Gasteiger partial charge < -0.3 is 14.3 Å². The summed E-state index contributed by atoms with van der Waals surface area (Å²) in [7, 11) is 1.53. The van der Waals surface area contributed by atoms with Gasteiger partial charge in [-0.15, -0.1) is 0 Å². The Bertz CT molecular complexity index is 1750. The lowest BCUT2D eigenvalue weighted by atomic mass is 9.91. The number of benzene rings is 4. The molecule has 6 rings (SSSR count). The van der Waals surface area contributed by atoms with Crippen molar-refractivity contribution in [2.24, 2.45) is 0 Å². The largest absolute Gasteiger partial charge is 0.503 e. The molecule has 0 saturated carbocycles. The van der Waals surface area contributed by atoms with Crippen LogP contribution in [0.5, 0.6) is 5.75 Å². The van der Waals surface area contributed by atoms with E-state index in [0.717, 1.165) is 10.8 Å². The van der Waals surface area contributed by atoms with Gasteiger partial charge in [-0.1, -0.05) is 60.1 Å². The molecule has 1 aliphatic heterocycles. The van der Waals surface area contributed by atoms with Crippen molar-refractivity contribution in [1.29, 1.82) is 0 Å². The first kappa shape index (κ1) is 22.9. The second kappa shape index (κ2) is 8.84. The van der Waals surface area contributed by atoms with Crippen molar-refractivity contribution in [3.63, 3.8) is 0 Å². The van der Waals surface area contributed by atoms with Gasteiger partial charge in [0.05, 0.1) is 18.7 Å². The standard InChI is InChI=1S/C30H20ClNO5/c1-36-21-9-5-8-20(16-21)32-27(23-11-4-7-17-6-2-3-10-22(17)23)26(29(34)30(32)35)28(33)25-15-18-14-19(31)12-13-24(18)37-25/h2-16,27,34H,1H3. The molecule has 5 aromatic rings. The number of amides is 1. The van der Waals surface area contributed by atoms with E-state index in [4.69, 9.17) is 20.8 Å². The maximum atomic E-state index is 13.9. The molecule has 0 aliphatic carbocycles. The van der Waals surface area contributed by atoms with Crippen molar-refractivity contribution >= 4 is 50.7 Å². The Morgan fingerprint density at radius 1 is 0.946 bits per heavy atom. The summed E-state index contributed by atoms with van der Waals surface area (Å²) in [6, 6.07) is 26.0. The highest BCUT2D eigenvalue weighted by Gasteiger charge is 2.46. The molecule has 0 saturated heterocycles. The van der Waals surface area contributed by atoms with Crippen molar-refractivity contribution in [1.82, 2.24) is 0 Å². The van der Waals surface area contributed by atoms with Crippen LogP contribution in [0, 0.1) is 0 Å². The molecule has 1 aliphatic rings. The van der Waals surface area contributed by atoms with E-state index in [1.807, 2.05) is 42.5 Å². The molecule has 1 N–H and O–H groups in total. The number of hydrogen-bond acceptors (Lipinski definition) is 5. The minimum atomic E-state index is -0.907. The van der Waals surface area contributed by atoms with E-state index >= 15 is 0 Å². The smallest absolute Gasteiger partial charge is 0.294 e. The van der Waals surface area contributed by atoms with Crippen LogP contribution in [0.1, 0.15) is 22.2 Å². The first-order chi connectivity index (χ1) is 18.0. The number of methoxy groups -OCH3 is 1. The van der Waals surface area contributed by atoms with Gasteiger partial charge >= 0.3 is 0 Å². The fourth-order valence-corrected chi connectivity index (χ4v) is 5.09. The zero-order valence-electron chi connectivity index (χ0n) is 19.6. The highest BCUT2D eigenvalue weighted by atomic mass is 35.5. The Kier molecular flexibility index (Phi) is 5.46. The summed E-state index contributed by atoms with van der Waals surface area (Å²) in [4.78, 5) is 28.9. The van der Waals surface area contributed by atoms with E-state index in [2.05, 4.69) is 0 Å². The second-order valence-corrected chi connectivity index (χ2v) is 9.17. The minimum Gasteiger partial charge on any atom is -0.503 e. The van der Waals surface area contributed by atoms with Crippen LogP contribution in [-0.2, 0) is 4.79 Å². The number of halogens is 1. The lowest BCUT2D eigenvalue weighted by Crippen LogP contribution is -2.31. The normalized spacial score (nSPS) is 15.7. The molecule has 1 atom stereocenters. The summed E-state index contributed by atoms with van der Waals surface area (Å²) < 4.78 is 11.2. The summed E-state index contributed by atoms with van der Waals surface area (Å²) in [6.45, 7) is 0. The highest BCUT2D eigenvalue weighted by molar-refractivity contribution is 6.31. The van der Waals surface area contributed by atoms with E-state index in [9.17, 15) is 14.7 Å². The van der Waals surface area contributed by atoms with Crippen LogP contribution in [0.25, 0.3) is 21.7 Å². The molecule has 0 bridgehead atoms. The van der Waals surface area contributed by atoms with Gasteiger partial charge in [0.25, 0.3) is 5.91 Å². The number of ketones is 1. The third kappa shape index (κ3) is 3.74. The molecule has 4 aromatic carbocycles. The zero-order valence-corrected chi connectivity index (χ0v) is 20.4. The predicted molar refractivity (Wildman–Crippen MR) is 142 cm³/mol. The van der Waals surface area contributed by atoms with Crippen LogP contribution < -0.4 is 9.64 Å². The first-order valence-corrected chi connectivity index (χ1v) is 12.0. The van der Waals surface area contributed by atoms with Crippen LogP contribution in [0.3, 0.4) is 0 Å². The number of furan rings is 1. The van der Waals surface area contributed by atoms with Crippen molar-refractivity contribution < 1.29 is 23.8 Å². The number of hydrogen-bond donors (Lipinski definition) is 1. The van der Waals surface area contributed by atoms with E-state index < -0.39 is 23.5 Å². The van der Waals surface area contributed by atoms with Crippen molar-refractivity contribution in [2.45, 2.75) is 6.04 Å². The summed E-state index contributed by atoms with van der Waals surface area (Å²) in [6.07, 6.45) is 0. The Hall–Kier alpha value is -4.55. The predicted octanol–water partition coefficient (Wildman–Crippen LogP) is 7.03. The molecule has 6 nitrogen and oxygen atoms in total. The summed E-state index contributed by atoms with van der Waals surface area (Å²) in [5.74, 6) is -1.35. The average molecular weight is 510 g/mol. The minimum absolute atomic E-state index is 0.00402. The molecule has 0 radical (unpaired) electrons. The Morgan fingerprint density at radius 2 is 1.73 bits per heavy atom. The van der Waals surface area contributed by atoms with E-state index in [1.165, 1.54) is 12.0 Å². The lowest BCUT2D eigenvalue weighted by molar-refractivity contribution is -0.117. The molecule has 1 aromatic heterocycles. The highest BCUT2D eigenvalue weighted by Crippen LogP contribution is 2.44. The topological polar surface area (TPSA) is 80.0 Å². The molecule has 1 amide bonds. The number of rotatable bonds is 5. The van der Waals surface area contributed by atoms with Gasteiger partial charge in [-0.3, -0.25) is 14.5 Å². The van der Waals surface area contributed by atoms with Crippen LogP contribution in [0.15, 0.2) is 107 Å². The number of nitrogens with zero attached hydrogens (tertiary/aromatic N) is 1. The molecule has 1 unspecified atom stereocenters. The van der Waals surface area contributed by atoms with Crippen molar-refractivity contribution in [2.75, 3.05) is 12.0 Å². The monoisotopic (exact) mass is 509 g/mol. The van der Waals surface area contributed by atoms with E-state index in [1.54, 1.807) is 48.5 Å². The molecule has 37 heavy (non-hydrogen) atoms. The fraction of sp³-hybridized carbons (Fsp3) is 0.0667. The van der Waals surface area contributed by atoms with Crippen LogP contribution in [0.4, 0.5) is 5.69 Å². The number of ether oxygens (including phenoxy) is 1. The summed E-state index contributed by atoms with van der Waals surface area (Å²) in [5.41, 5.74) is 1.59. The van der Waals surface area contributed by atoms with Gasteiger partial charge in [-0.25, -0.2) is 0 Å². The number of anilines is 1. The summed E-state index contributed by atoms with van der Waals surface area (Å²) in [5, 5.41) is 14.1. The first-order valence-electron chi connectivity index (χ1n) is 11.6. The van der Waals surface area contributed by atoms with Gasteiger partial charge in [0.1, 0.15) is 11.3 Å². The van der Waals surface area contributed by atoms with Crippen molar-refractivity contribution in [3.05, 3.63) is 119 Å². The lowest BCUT2D eigenvalue weighted by Gasteiger charge is -2.28. The maximum Gasteiger partial charge on any atom is 0.294 e. The molecule has 182 valence electrons. The molecular formula is C30H20ClNO5. The van der Waals surface area contributed by atoms with E-state index in [-0.39, 0.29) is 11.3 Å². The number of aliphatic hydroxyl groups is 1. The third-order valence-corrected chi connectivity index (χ3v) is 6.84. The van der Waals surface area contributed by atoms with E-state index in [0.29, 0.717) is 33.0 Å². The van der Waals surface area contributed by atoms with Crippen LogP contribution in [0.2, 0.25) is 5.02 Å². The van der Waals surface area contributed by atoms with Crippen molar-refractivity contribution in [3.8, 4) is 5.75 Å². The van der Waals surface area contributed by atoms with Gasteiger partial charge in [-0.2, -0.15) is 0 Å². The molecule has 7 heteroatoms. The fourth-order valence-electron chi connectivity index (χ4n) is 4.91. The SMILES string of the molecule is COc1cccc(N2C(=O)C(O)=C(C(=O)c3cc4cc(Cl)ccc4o3)C2c2cccc3ccccc23)c1. The number of carbonyl (C=O) groups excluding carboxylic acids is 2. The molecule has 0 fully saturated rings. The van der Waals surface area contributed by atoms with Gasteiger partial charge in [0, 0.05) is 22.2 Å². The maximum absolute atomic E-state index is 13.9. The number of fused-ring (bicyclic) bond motifs is 2. The quantitative estimate of drug-likeness (QED) is 0.257. The number of carbonyl (C=O) groups is 2. The molecule has 0 spiro atoms. The third-order valence-electron chi connectivity index (χ3n) is 6.60. The Morgan fingerprint density at radius 3 is 2.57 bits per heavy atom. The molecular weight excluding hydrogens is 490 g/mol. The Balaban J connectivity index is 1.57.